The molecule has 1 heterocycles. The van der Waals surface area contributed by atoms with Gasteiger partial charge in [0, 0.05) is 11.8 Å². The van der Waals surface area contributed by atoms with Crippen LogP contribution in [0.15, 0.2) is 11.4 Å². The lowest BCUT2D eigenvalue weighted by atomic mass is 10.4. The first-order valence-electron chi connectivity index (χ1n) is 5.60. The topological polar surface area (TPSA) is 101 Å². The van der Waals surface area contributed by atoms with Gasteiger partial charge < -0.3 is 10.4 Å². The van der Waals surface area contributed by atoms with Gasteiger partial charge in [0.1, 0.15) is 6.33 Å². The Balaban J connectivity index is 3.05. The zero-order valence-electron chi connectivity index (χ0n) is 10.3. The minimum atomic E-state index is -0.496. The fourth-order valence-corrected chi connectivity index (χ4v) is 2.06. The number of thioether (sulfide) groups is 1. The summed E-state index contributed by atoms with van der Waals surface area (Å²) in [6, 6.07) is 0. The maximum absolute atomic E-state index is 11.1. The van der Waals surface area contributed by atoms with Crippen molar-refractivity contribution in [2.24, 2.45) is 0 Å². The Labute approximate surface area is 109 Å². The van der Waals surface area contributed by atoms with Crippen LogP contribution in [0.3, 0.4) is 0 Å². The minimum Gasteiger partial charge on any atom is -0.395 e. The smallest absolute Gasteiger partial charge is 0.343 e. The van der Waals surface area contributed by atoms with E-state index in [1.54, 1.807) is 6.92 Å². The van der Waals surface area contributed by atoms with E-state index in [-0.39, 0.29) is 28.4 Å². The third kappa shape index (κ3) is 3.81. The average molecular weight is 272 g/mol. The molecule has 100 valence electrons. The molecule has 0 saturated carbocycles. The Bertz CT molecular complexity index is 416. The van der Waals surface area contributed by atoms with Gasteiger partial charge in [0.2, 0.25) is 5.82 Å². The van der Waals surface area contributed by atoms with Crippen molar-refractivity contribution in [1.82, 2.24) is 9.97 Å². The molecule has 0 aliphatic rings. The number of hydrogen-bond donors (Lipinski definition) is 2. The third-order valence-corrected chi connectivity index (χ3v) is 3.16. The molecule has 1 unspecified atom stereocenters. The lowest BCUT2D eigenvalue weighted by molar-refractivity contribution is -0.387. The molecule has 0 bridgehead atoms. The summed E-state index contributed by atoms with van der Waals surface area (Å²) in [6.45, 7) is 4.28. The molecule has 0 aliphatic carbocycles. The summed E-state index contributed by atoms with van der Waals surface area (Å²) in [5.74, 6) is 0.226. The van der Waals surface area contributed by atoms with Crippen LogP contribution >= 0.6 is 11.8 Å². The van der Waals surface area contributed by atoms with Crippen LogP contribution in [0.25, 0.3) is 0 Å². The summed E-state index contributed by atoms with van der Waals surface area (Å²) in [7, 11) is 0. The van der Waals surface area contributed by atoms with Crippen molar-refractivity contribution < 1.29 is 10.0 Å². The first kappa shape index (κ1) is 14.7. The van der Waals surface area contributed by atoms with Gasteiger partial charge in [-0.15, -0.1) is 0 Å². The molecular formula is C10H16N4O3S. The van der Waals surface area contributed by atoms with Gasteiger partial charge in [0.25, 0.3) is 0 Å². The molecule has 1 aromatic rings. The number of nitrogens with zero attached hydrogens (tertiary/aromatic N) is 3. The van der Waals surface area contributed by atoms with Gasteiger partial charge in [-0.3, -0.25) is 10.1 Å². The standard InChI is InChI=1S/C10H16N4O3S/c1-3-4-11-9-8(14(16)17)10(13-6-12-9)18-7(2)5-15/h6-7,15H,3-5H2,1-2H3,(H,11,12,13). The Hall–Kier alpha value is -1.41. The van der Waals surface area contributed by atoms with Crippen molar-refractivity contribution in [2.75, 3.05) is 18.5 Å². The lowest BCUT2D eigenvalue weighted by Crippen LogP contribution is -2.09. The van der Waals surface area contributed by atoms with E-state index in [9.17, 15) is 10.1 Å². The van der Waals surface area contributed by atoms with Crippen molar-refractivity contribution in [2.45, 2.75) is 30.5 Å². The molecule has 0 fully saturated rings. The molecule has 7 nitrogen and oxygen atoms in total. The van der Waals surface area contributed by atoms with E-state index in [0.29, 0.717) is 6.54 Å². The van der Waals surface area contributed by atoms with Crippen molar-refractivity contribution >= 4 is 23.3 Å². The second-order valence-electron chi connectivity index (χ2n) is 3.67. The van der Waals surface area contributed by atoms with Gasteiger partial charge in [-0.25, -0.2) is 9.97 Å². The predicted molar refractivity (Wildman–Crippen MR) is 69.9 cm³/mol. The van der Waals surface area contributed by atoms with Gasteiger partial charge in [-0.05, 0) is 6.42 Å². The molecule has 8 heteroatoms. The first-order chi connectivity index (χ1) is 8.60. The van der Waals surface area contributed by atoms with E-state index in [1.165, 1.54) is 6.33 Å². The van der Waals surface area contributed by atoms with Gasteiger partial charge in [0.05, 0.1) is 11.5 Å². The number of aliphatic hydroxyl groups excluding tert-OH is 1. The number of nitrogens with one attached hydrogen (secondary N) is 1. The number of hydrogen-bond acceptors (Lipinski definition) is 7. The summed E-state index contributed by atoms with van der Waals surface area (Å²) in [4.78, 5) is 18.4. The fraction of sp³-hybridized carbons (Fsp3) is 0.600. The maximum Gasteiger partial charge on any atom is 0.343 e. The van der Waals surface area contributed by atoms with Crippen LogP contribution in [-0.4, -0.2) is 38.4 Å². The Morgan fingerprint density at radius 3 is 2.89 bits per heavy atom. The van der Waals surface area contributed by atoms with E-state index in [4.69, 9.17) is 5.11 Å². The van der Waals surface area contributed by atoms with Crippen molar-refractivity contribution in [3.63, 3.8) is 0 Å². The molecule has 1 aromatic heterocycles. The van der Waals surface area contributed by atoms with E-state index in [1.807, 2.05) is 6.92 Å². The Morgan fingerprint density at radius 2 is 2.33 bits per heavy atom. The third-order valence-electron chi connectivity index (χ3n) is 2.08. The summed E-state index contributed by atoms with van der Waals surface area (Å²) >= 11 is 1.16. The molecule has 18 heavy (non-hydrogen) atoms. The zero-order valence-corrected chi connectivity index (χ0v) is 11.1. The van der Waals surface area contributed by atoms with Gasteiger partial charge >= 0.3 is 5.69 Å². The number of anilines is 1. The predicted octanol–water partition coefficient (Wildman–Crippen LogP) is 1.68. The summed E-state index contributed by atoms with van der Waals surface area (Å²) in [6.07, 6.45) is 2.13. The molecule has 0 radical (unpaired) electrons. The van der Waals surface area contributed by atoms with Gasteiger partial charge in [-0.2, -0.15) is 0 Å². The highest BCUT2D eigenvalue weighted by Gasteiger charge is 2.24. The molecule has 0 aliphatic heterocycles. The number of aliphatic hydroxyl groups is 1. The van der Waals surface area contributed by atoms with Crippen molar-refractivity contribution in [1.29, 1.82) is 0 Å². The number of rotatable bonds is 7. The number of nitro groups is 1. The molecule has 1 atom stereocenters. The van der Waals surface area contributed by atoms with Crippen LogP contribution < -0.4 is 5.32 Å². The SMILES string of the molecule is CCCNc1ncnc(SC(C)CO)c1[N+](=O)[O-]. The second-order valence-corrected chi connectivity index (χ2v) is 5.10. The van der Waals surface area contributed by atoms with Gasteiger partial charge in [-0.1, -0.05) is 25.6 Å². The summed E-state index contributed by atoms with van der Waals surface area (Å²) < 4.78 is 0. The normalized spacial score (nSPS) is 12.2. The van der Waals surface area contributed by atoms with Crippen molar-refractivity contribution in [3.8, 4) is 0 Å². The molecule has 0 saturated heterocycles. The second kappa shape index (κ2) is 7.12. The summed E-state index contributed by atoms with van der Waals surface area (Å²) in [5, 5.41) is 23.1. The fourth-order valence-electron chi connectivity index (χ4n) is 1.21. The maximum atomic E-state index is 11.1. The lowest BCUT2D eigenvalue weighted by Gasteiger charge is -2.09. The highest BCUT2D eigenvalue weighted by molar-refractivity contribution is 8.00. The van der Waals surface area contributed by atoms with Crippen LogP contribution in [0.2, 0.25) is 0 Å². The molecule has 0 amide bonds. The Morgan fingerprint density at radius 1 is 1.61 bits per heavy atom. The minimum absolute atomic E-state index is 0.0659. The number of aromatic nitrogens is 2. The van der Waals surface area contributed by atoms with Gasteiger partial charge in [0.15, 0.2) is 5.03 Å². The largest absolute Gasteiger partial charge is 0.395 e. The highest BCUT2D eigenvalue weighted by atomic mass is 32.2. The average Bonchev–Trinajstić information content (AvgIpc) is 2.35. The van der Waals surface area contributed by atoms with Crippen molar-refractivity contribution in [3.05, 3.63) is 16.4 Å². The molecule has 0 spiro atoms. The summed E-state index contributed by atoms with van der Waals surface area (Å²) in [5.41, 5.74) is -0.128. The van der Waals surface area contributed by atoms with Crippen LogP contribution in [0.5, 0.6) is 0 Å². The monoisotopic (exact) mass is 272 g/mol. The van der Waals surface area contributed by atoms with Crippen LogP contribution in [0.1, 0.15) is 20.3 Å². The molecule has 1 rings (SSSR count). The van der Waals surface area contributed by atoms with E-state index < -0.39 is 4.92 Å². The highest BCUT2D eigenvalue weighted by Crippen LogP contribution is 2.34. The Kier molecular flexibility index (Phi) is 5.79. The van der Waals surface area contributed by atoms with E-state index >= 15 is 0 Å². The first-order valence-corrected chi connectivity index (χ1v) is 6.48. The molecule has 0 aromatic carbocycles. The molecular weight excluding hydrogens is 256 g/mol. The van der Waals surface area contributed by atoms with Crippen LogP contribution in [-0.2, 0) is 0 Å². The molecule has 2 N–H and O–H groups in total. The van der Waals surface area contributed by atoms with Crippen LogP contribution in [0.4, 0.5) is 11.5 Å². The van der Waals surface area contributed by atoms with E-state index in [2.05, 4.69) is 15.3 Å². The quantitative estimate of drug-likeness (QED) is 0.337. The van der Waals surface area contributed by atoms with E-state index in [0.717, 1.165) is 18.2 Å². The van der Waals surface area contributed by atoms with Crippen LogP contribution in [0, 0.1) is 10.1 Å². The zero-order chi connectivity index (χ0) is 13.5.